The van der Waals surface area contributed by atoms with Crippen LogP contribution in [0.1, 0.15) is 27.8 Å². The maximum absolute atomic E-state index is 14.8. The smallest absolute Gasteiger partial charge is 0.341 e. The third-order valence-electron chi connectivity index (χ3n) is 5.51. The molecule has 196 valence electrons. The van der Waals surface area contributed by atoms with E-state index in [0.717, 1.165) is 0 Å². The standard InChI is InChI=1S/C27H22FN7O4/c1-3-38-25(37)20-15-31-27-33-26(34-35(27)23(20)19-9-4-5-10-21(19)28)32-16-7-6-8-17(13-16)39-18-11-12-30-22(14-18)24(36)29-2/h4-15H,3H2,1-2H3,(H,29,36)(H,32,34). The first kappa shape index (κ1) is 25.3. The lowest BCUT2D eigenvalue weighted by Crippen LogP contribution is -2.18. The molecule has 0 radical (unpaired) electrons. The number of ether oxygens (including phenoxy) is 2. The van der Waals surface area contributed by atoms with Crippen LogP contribution >= 0.6 is 0 Å². The van der Waals surface area contributed by atoms with Crippen molar-refractivity contribution in [2.75, 3.05) is 19.0 Å². The molecule has 11 nitrogen and oxygen atoms in total. The Balaban J connectivity index is 1.47. The molecule has 5 aromatic rings. The van der Waals surface area contributed by atoms with E-state index >= 15 is 0 Å². The molecule has 2 aromatic carbocycles. The van der Waals surface area contributed by atoms with Gasteiger partial charge in [0.2, 0.25) is 5.95 Å². The van der Waals surface area contributed by atoms with E-state index in [1.54, 1.807) is 49.4 Å². The third kappa shape index (κ3) is 5.34. The summed E-state index contributed by atoms with van der Waals surface area (Å²) in [5.41, 5.74) is 1.17. The Labute approximate surface area is 221 Å². The van der Waals surface area contributed by atoms with Crippen molar-refractivity contribution >= 4 is 29.3 Å². The maximum atomic E-state index is 14.8. The fraction of sp³-hybridized carbons (Fsp3) is 0.111. The maximum Gasteiger partial charge on any atom is 0.341 e. The fourth-order valence-electron chi connectivity index (χ4n) is 3.79. The van der Waals surface area contributed by atoms with Crippen molar-refractivity contribution < 1.29 is 23.5 Å². The zero-order valence-electron chi connectivity index (χ0n) is 20.9. The van der Waals surface area contributed by atoms with Crippen LogP contribution in [0.2, 0.25) is 0 Å². The summed E-state index contributed by atoms with van der Waals surface area (Å²) in [5, 5.41) is 10.0. The highest BCUT2D eigenvalue weighted by atomic mass is 19.1. The Morgan fingerprint density at radius 2 is 1.85 bits per heavy atom. The summed E-state index contributed by atoms with van der Waals surface area (Å²) in [6.07, 6.45) is 2.77. The van der Waals surface area contributed by atoms with E-state index in [0.29, 0.717) is 17.2 Å². The predicted octanol–water partition coefficient (Wildman–Crippen LogP) is 4.40. The number of fused-ring (bicyclic) bond motifs is 1. The molecule has 2 N–H and O–H groups in total. The molecule has 0 unspecified atom stereocenters. The van der Waals surface area contributed by atoms with Crippen LogP contribution in [-0.2, 0) is 4.74 Å². The minimum atomic E-state index is -0.657. The van der Waals surface area contributed by atoms with Gasteiger partial charge in [0.25, 0.3) is 11.7 Å². The van der Waals surface area contributed by atoms with E-state index in [4.69, 9.17) is 9.47 Å². The Morgan fingerprint density at radius 1 is 1.03 bits per heavy atom. The number of hydrogen-bond acceptors (Lipinski definition) is 9. The number of hydrogen-bond donors (Lipinski definition) is 2. The van der Waals surface area contributed by atoms with Gasteiger partial charge >= 0.3 is 5.97 Å². The van der Waals surface area contributed by atoms with Gasteiger partial charge in [-0.1, -0.05) is 18.2 Å². The molecule has 0 bridgehead atoms. The second-order valence-corrected chi connectivity index (χ2v) is 8.08. The second kappa shape index (κ2) is 10.9. The van der Waals surface area contributed by atoms with Gasteiger partial charge in [0.1, 0.15) is 28.6 Å². The molecular weight excluding hydrogens is 505 g/mol. The summed E-state index contributed by atoms with van der Waals surface area (Å²) in [6.45, 7) is 1.82. The number of nitrogens with zero attached hydrogens (tertiary/aromatic N) is 5. The Hall–Kier alpha value is -5.39. The van der Waals surface area contributed by atoms with Gasteiger partial charge in [-0.25, -0.2) is 14.2 Å². The third-order valence-corrected chi connectivity index (χ3v) is 5.51. The number of pyridine rings is 1. The molecule has 0 saturated heterocycles. The van der Waals surface area contributed by atoms with E-state index in [2.05, 4.69) is 30.7 Å². The van der Waals surface area contributed by atoms with Gasteiger partial charge in [-0.15, -0.1) is 5.10 Å². The van der Waals surface area contributed by atoms with Crippen LogP contribution in [0, 0.1) is 5.82 Å². The molecule has 0 aliphatic heterocycles. The van der Waals surface area contributed by atoms with Crippen LogP contribution in [0.25, 0.3) is 17.0 Å². The molecule has 0 aliphatic rings. The summed E-state index contributed by atoms with van der Waals surface area (Å²) >= 11 is 0. The minimum absolute atomic E-state index is 0.0507. The molecule has 1 amide bonds. The lowest BCUT2D eigenvalue weighted by Gasteiger charge is -2.10. The fourth-order valence-corrected chi connectivity index (χ4v) is 3.79. The Morgan fingerprint density at radius 3 is 2.64 bits per heavy atom. The van der Waals surface area contributed by atoms with Crippen LogP contribution in [0.4, 0.5) is 16.0 Å². The van der Waals surface area contributed by atoms with Crippen LogP contribution in [-0.4, -0.2) is 50.1 Å². The van der Waals surface area contributed by atoms with Gasteiger partial charge in [-0.05, 0) is 37.3 Å². The molecule has 0 spiro atoms. The van der Waals surface area contributed by atoms with Crippen molar-refractivity contribution in [3.05, 3.63) is 90.1 Å². The van der Waals surface area contributed by atoms with Crippen molar-refractivity contribution in [1.29, 1.82) is 0 Å². The van der Waals surface area contributed by atoms with E-state index < -0.39 is 11.8 Å². The highest BCUT2D eigenvalue weighted by Crippen LogP contribution is 2.29. The number of aromatic nitrogens is 5. The van der Waals surface area contributed by atoms with Crippen LogP contribution in [0.15, 0.2) is 73.1 Å². The Bertz CT molecular complexity index is 1690. The summed E-state index contributed by atoms with van der Waals surface area (Å²) in [6, 6.07) is 16.2. The number of rotatable bonds is 8. The van der Waals surface area contributed by atoms with Crippen molar-refractivity contribution in [3.63, 3.8) is 0 Å². The quantitative estimate of drug-likeness (QED) is 0.282. The first-order valence-corrected chi connectivity index (χ1v) is 11.9. The molecular formula is C27H22FN7O4. The lowest BCUT2D eigenvalue weighted by molar-refractivity contribution is 0.0526. The largest absolute Gasteiger partial charge is 0.462 e. The van der Waals surface area contributed by atoms with Crippen molar-refractivity contribution in [2.24, 2.45) is 0 Å². The molecule has 12 heteroatoms. The average Bonchev–Trinajstić information content (AvgIpc) is 3.35. The van der Waals surface area contributed by atoms with Crippen LogP contribution in [0.3, 0.4) is 0 Å². The topological polar surface area (TPSA) is 133 Å². The summed E-state index contributed by atoms with van der Waals surface area (Å²) in [7, 11) is 1.52. The summed E-state index contributed by atoms with van der Waals surface area (Å²) in [4.78, 5) is 37.2. The molecule has 3 aromatic heterocycles. The molecule has 0 aliphatic carbocycles. The van der Waals surface area contributed by atoms with E-state index in [1.807, 2.05) is 0 Å². The number of esters is 1. The Kier molecular flexibility index (Phi) is 7.08. The molecule has 0 fully saturated rings. The minimum Gasteiger partial charge on any atom is -0.462 e. The monoisotopic (exact) mass is 527 g/mol. The van der Waals surface area contributed by atoms with Gasteiger partial charge in [0.05, 0.1) is 12.3 Å². The number of nitrogens with one attached hydrogen (secondary N) is 2. The van der Waals surface area contributed by atoms with Gasteiger partial charge in [0.15, 0.2) is 0 Å². The summed E-state index contributed by atoms with van der Waals surface area (Å²) < 4.78 is 27.2. The van der Waals surface area contributed by atoms with Crippen LogP contribution in [0.5, 0.6) is 11.5 Å². The number of benzene rings is 2. The van der Waals surface area contributed by atoms with Crippen LogP contribution < -0.4 is 15.4 Å². The number of carbonyl (C=O) groups is 2. The highest BCUT2D eigenvalue weighted by molar-refractivity contribution is 5.96. The lowest BCUT2D eigenvalue weighted by atomic mass is 10.1. The van der Waals surface area contributed by atoms with Crippen molar-refractivity contribution in [3.8, 4) is 22.8 Å². The molecule has 5 rings (SSSR count). The first-order valence-electron chi connectivity index (χ1n) is 11.9. The van der Waals surface area contributed by atoms with Gasteiger partial charge in [0, 0.05) is 42.8 Å². The highest BCUT2D eigenvalue weighted by Gasteiger charge is 2.23. The molecule has 0 atom stereocenters. The number of carbonyl (C=O) groups excluding carboxylic acids is 2. The van der Waals surface area contributed by atoms with Gasteiger partial charge in [-0.3, -0.25) is 9.78 Å². The number of amides is 1. The number of halogens is 1. The molecule has 3 heterocycles. The normalized spacial score (nSPS) is 10.7. The van der Waals surface area contributed by atoms with E-state index in [9.17, 15) is 14.0 Å². The van der Waals surface area contributed by atoms with E-state index in [1.165, 1.54) is 42.2 Å². The zero-order chi connectivity index (χ0) is 27.4. The zero-order valence-corrected chi connectivity index (χ0v) is 20.9. The first-order chi connectivity index (χ1) is 19.0. The van der Waals surface area contributed by atoms with Gasteiger partial charge in [-0.2, -0.15) is 9.50 Å². The molecule has 39 heavy (non-hydrogen) atoms. The molecule has 0 saturated carbocycles. The van der Waals surface area contributed by atoms with Gasteiger partial charge < -0.3 is 20.1 Å². The average molecular weight is 528 g/mol. The number of anilines is 2. The van der Waals surface area contributed by atoms with Crippen molar-refractivity contribution in [2.45, 2.75) is 6.92 Å². The van der Waals surface area contributed by atoms with Crippen molar-refractivity contribution in [1.82, 2.24) is 29.9 Å². The summed E-state index contributed by atoms with van der Waals surface area (Å²) in [5.74, 6) is -0.316. The predicted molar refractivity (Wildman–Crippen MR) is 140 cm³/mol. The van der Waals surface area contributed by atoms with E-state index in [-0.39, 0.29) is 46.8 Å². The second-order valence-electron chi connectivity index (χ2n) is 8.08. The SMILES string of the molecule is CCOC(=O)c1cnc2nc(Nc3cccc(Oc4ccnc(C(=O)NC)c4)c3)nn2c1-c1ccccc1F.